The van der Waals surface area contributed by atoms with E-state index in [0.29, 0.717) is 0 Å². The van der Waals surface area contributed by atoms with Crippen LogP contribution in [0, 0.1) is 0 Å². The number of carbonyl (C=O) groups is 4. The van der Waals surface area contributed by atoms with Crippen LogP contribution in [0.4, 0.5) is 4.79 Å². The molecule has 0 spiro atoms. The number of hydrogen-bond donors (Lipinski definition) is 5. The predicted molar refractivity (Wildman–Crippen MR) is 117 cm³/mol. The molecule has 0 saturated heterocycles. The average Bonchev–Trinajstić information content (AvgIpc) is 3.13. The zero-order valence-electron chi connectivity index (χ0n) is 17.7. The van der Waals surface area contributed by atoms with E-state index in [9.17, 15) is 19.2 Å². The summed E-state index contributed by atoms with van der Waals surface area (Å²) in [6.45, 7) is -0.664. The van der Waals surface area contributed by atoms with Crippen molar-refractivity contribution in [3.8, 4) is 11.1 Å². The smallest absolute Gasteiger partial charge is 0.407 e. The molecule has 0 fully saturated rings. The molecule has 2 aromatic rings. The maximum Gasteiger partial charge on any atom is 0.407 e. The molecule has 0 unspecified atom stereocenters. The molecule has 5 N–H and O–H groups in total. The quantitative estimate of drug-likeness (QED) is 0.351. The molecule has 1 aliphatic rings. The first-order valence-electron chi connectivity index (χ1n) is 10.4. The summed E-state index contributed by atoms with van der Waals surface area (Å²) in [7, 11) is 0. The Balaban J connectivity index is 1.37. The van der Waals surface area contributed by atoms with Crippen LogP contribution in [-0.4, -0.2) is 66.4 Å². The molecule has 3 amide bonds. The molecule has 10 nitrogen and oxygen atoms in total. The van der Waals surface area contributed by atoms with Crippen LogP contribution >= 0.6 is 0 Å². The van der Waals surface area contributed by atoms with Crippen molar-refractivity contribution in [2.75, 3.05) is 26.2 Å². The van der Waals surface area contributed by atoms with Gasteiger partial charge in [0.2, 0.25) is 11.8 Å². The minimum absolute atomic E-state index is 0.0554. The Morgan fingerprint density at radius 2 is 1.39 bits per heavy atom. The molecule has 1 atom stereocenters. The highest BCUT2D eigenvalue weighted by molar-refractivity contribution is 5.87. The third-order valence-electron chi connectivity index (χ3n) is 5.21. The monoisotopic (exact) mass is 455 g/mol. The van der Waals surface area contributed by atoms with Crippen LogP contribution in [0.25, 0.3) is 11.1 Å². The summed E-state index contributed by atoms with van der Waals surface area (Å²) in [5, 5.41) is 24.7. The number of carbonyl (C=O) groups excluding carboxylic acids is 3. The molecule has 0 bridgehead atoms. The van der Waals surface area contributed by atoms with E-state index in [4.69, 9.17) is 14.9 Å². The van der Waals surface area contributed by atoms with Crippen molar-refractivity contribution >= 4 is 23.9 Å². The standard InChI is InChI=1S/C23H25N3O7/c27-19(22(30)31)9-10-24-20(28)11-25-21(29)12-26-23(32)33-13-18-16-7-3-1-5-14(16)15-6-2-4-8-17(15)18/h1-8,18-19,27H,9-13H2,(H,24,28)(H,25,29)(H,26,32)(H,30,31)/t19-/m0/s1. The van der Waals surface area contributed by atoms with Gasteiger partial charge in [0, 0.05) is 18.9 Å². The molecule has 0 radical (unpaired) electrons. The molecule has 0 saturated carbocycles. The molecule has 2 aromatic carbocycles. The van der Waals surface area contributed by atoms with Crippen molar-refractivity contribution in [2.24, 2.45) is 0 Å². The van der Waals surface area contributed by atoms with Crippen molar-refractivity contribution in [1.82, 2.24) is 16.0 Å². The Morgan fingerprint density at radius 1 is 0.848 bits per heavy atom. The minimum Gasteiger partial charge on any atom is -0.479 e. The highest BCUT2D eigenvalue weighted by Crippen LogP contribution is 2.44. The number of amides is 3. The summed E-state index contributed by atoms with van der Waals surface area (Å²) in [6, 6.07) is 15.9. The van der Waals surface area contributed by atoms with Gasteiger partial charge in [0.05, 0.1) is 6.54 Å². The number of alkyl carbamates (subject to hydrolysis) is 1. The van der Waals surface area contributed by atoms with Crippen molar-refractivity contribution in [3.05, 3.63) is 59.7 Å². The van der Waals surface area contributed by atoms with Crippen LogP contribution in [0.5, 0.6) is 0 Å². The van der Waals surface area contributed by atoms with Gasteiger partial charge >= 0.3 is 12.1 Å². The summed E-state index contributed by atoms with van der Waals surface area (Å²) >= 11 is 0. The minimum atomic E-state index is -1.57. The van der Waals surface area contributed by atoms with E-state index in [1.807, 2.05) is 48.5 Å². The summed E-state index contributed by atoms with van der Waals surface area (Å²) < 4.78 is 5.33. The molecule has 0 heterocycles. The Labute approximate surface area is 189 Å². The van der Waals surface area contributed by atoms with Gasteiger partial charge < -0.3 is 30.9 Å². The summed E-state index contributed by atoms with van der Waals surface area (Å²) in [5.74, 6) is -2.62. The predicted octanol–water partition coefficient (Wildman–Crippen LogP) is 0.593. The zero-order valence-corrected chi connectivity index (χ0v) is 17.7. The lowest BCUT2D eigenvalue weighted by atomic mass is 9.98. The van der Waals surface area contributed by atoms with Crippen LogP contribution in [-0.2, 0) is 19.1 Å². The summed E-state index contributed by atoms with van der Waals surface area (Å²) in [4.78, 5) is 46.0. The lowest BCUT2D eigenvalue weighted by Crippen LogP contribution is -2.42. The molecule has 1 aliphatic carbocycles. The van der Waals surface area contributed by atoms with Gasteiger partial charge in [0.25, 0.3) is 0 Å². The topological polar surface area (TPSA) is 154 Å². The second-order valence-electron chi connectivity index (χ2n) is 7.45. The number of benzene rings is 2. The Kier molecular flexibility index (Phi) is 7.98. The second-order valence-corrected chi connectivity index (χ2v) is 7.45. The Bertz CT molecular complexity index is 995. The molecule has 10 heteroatoms. The summed E-state index contributed by atoms with van der Waals surface area (Å²) in [6.07, 6.45) is -2.47. The molecule has 0 aromatic heterocycles. The first-order chi connectivity index (χ1) is 15.9. The van der Waals surface area contributed by atoms with E-state index in [1.54, 1.807) is 0 Å². The van der Waals surface area contributed by atoms with Crippen LogP contribution in [0.15, 0.2) is 48.5 Å². The lowest BCUT2D eigenvalue weighted by Gasteiger charge is -2.14. The number of rotatable bonds is 10. The van der Waals surface area contributed by atoms with Crippen LogP contribution < -0.4 is 16.0 Å². The van der Waals surface area contributed by atoms with E-state index < -0.39 is 30.0 Å². The second kappa shape index (κ2) is 11.1. The van der Waals surface area contributed by atoms with Crippen LogP contribution in [0.2, 0.25) is 0 Å². The fourth-order valence-corrected chi connectivity index (χ4v) is 3.58. The van der Waals surface area contributed by atoms with Gasteiger partial charge in [-0.05, 0) is 22.3 Å². The first-order valence-corrected chi connectivity index (χ1v) is 10.4. The number of aliphatic hydroxyl groups excluding tert-OH is 1. The molecular formula is C23H25N3O7. The van der Waals surface area contributed by atoms with Crippen molar-refractivity contribution in [1.29, 1.82) is 0 Å². The number of fused-ring (bicyclic) bond motifs is 3. The number of aliphatic hydroxyl groups is 1. The fraction of sp³-hybridized carbons (Fsp3) is 0.304. The molecule has 33 heavy (non-hydrogen) atoms. The molecule has 3 rings (SSSR count). The van der Waals surface area contributed by atoms with Crippen molar-refractivity contribution in [2.45, 2.75) is 18.4 Å². The third-order valence-corrected chi connectivity index (χ3v) is 5.21. The van der Waals surface area contributed by atoms with Gasteiger partial charge in [-0.15, -0.1) is 0 Å². The SMILES string of the molecule is O=C(CNC(=O)CNC(=O)OCC1c2ccccc2-c2ccccc21)NCC[C@H](O)C(=O)O. The van der Waals surface area contributed by atoms with E-state index in [2.05, 4.69) is 16.0 Å². The van der Waals surface area contributed by atoms with Crippen LogP contribution in [0.3, 0.4) is 0 Å². The number of ether oxygens (including phenoxy) is 1. The van der Waals surface area contributed by atoms with E-state index >= 15 is 0 Å². The van der Waals surface area contributed by atoms with E-state index in [-0.39, 0.29) is 38.6 Å². The Morgan fingerprint density at radius 3 is 2.00 bits per heavy atom. The molecule has 174 valence electrons. The maximum absolute atomic E-state index is 12.1. The van der Waals surface area contributed by atoms with Gasteiger partial charge in [0.15, 0.2) is 6.10 Å². The zero-order chi connectivity index (χ0) is 23.8. The number of carboxylic acids is 1. The van der Waals surface area contributed by atoms with Gasteiger partial charge in [-0.25, -0.2) is 9.59 Å². The lowest BCUT2D eigenvalue weighted by molar-refractivity contribution is -0.147. The maximum atomic E-state index is 12.1. The van der Waals surface area contributed by atoms with Gasteiger partial charge in [-0.1, -0.05) is 48.5 Å². The van der Waals surface area contributed by atoms with Crippen LogP contribution in [0.1, 0.15) is 23.5 Å². The average molecular weight is 455 g/mol. The normalized spacial score (nSPS) is 12.8. The fourth-order valence-electron chi connectivity index (χ4n) is 3.58. The molecular weight excluding hydrogens is 430 g/mol. The van der Waals surface area contributed by atoms with E-state index in [1.165, 1.54) is 0 Å². The van der Waals surface area contributed by atoms with Crippen molar-refractivity contribution in [3.63, 3.8) is 0 Å². The van der Waals surface area contributed by atoms with E-state index in [0.717, 1.165) is 22.3 Å². The third kappa shape index (κ3) is 6.30. The number of aliphatic carboxylic acids is 1. The highest BCUT2D eigenvalue weighted by atomic mass is 16.5. The summed E-state index contributed by atoms with van der Waals surface area (Å²) in [5.41, 5.74) is 4.37. The van der Waals surface area contributed by atoms with Gasteiger partial charge in [-0.2, -0.15) is 0 Å². The van der Waals surface area contributed by atoms with Crippen molar-refractivity contribution < 1.29 is 34.1 Å². The number of hydrogen-bond acceptors (Lipinski definition) is 6. The largest absolute Gasteiger partial charge is 0.479 e. The number of carboxylic acid groups (broad SMARTS) is 1. The molecule has 0 aliphatic heterocycles. The number of nitrogens with one attached hydrogen (secondary N) is 3. The van der Waals surface area contributed by atoms with Gasteiger partial charge in [0.1, 0.15) is 13.2 Å². The first kappa shape index (κ1) is 23.7. The Hall–Kier alpha value is -3.92. The highest BCUT2D eigenvalue weighted by Gasteiger charge is 2.29. The van der Waals surface area contributed by atoms with Gasteiger partial charge in [-0.3, -0.25) is 9.59 Å².